The molecule has 0 unspecified atom stereocenters. The molecule has 252 valence electrons. The molecule has 0 saturated heterocycles. The van der Waals surface area contributed by atoms with Crippen molar-refractivity contribution >= 4 is 40.8 Å². The van der Waals surface area contributed by atoms with Crippen molar-refractivity contribution in [3.8, 4) is 0 Å². The van der Waals surface area contributed by atoms with E-state index in [9.17, 15) is 39.5 Å². The van der Waals surface area contributed by atoms with Crippen molar-refractivity contribution in [2.24, 2.45) is 0 Å². The number of hydrogen-bond donors (Lipinski definition) is 2. The van der Waals surface area contributed by atoms with Gasteiger partial charge in [-0.3, -0.25) is 0 Å². The number of aromatic nitrogens is 3. The zero-order chi connectivity index (χ0) is 34.4. The van der Waals surface area contributed by atoms with Crippen LogP contribution in [-0.2, 0) is 34.7 Å². The topological polar surface area (TPSA) is 104 Å². The van der Waals surface area contributed by atoms with Crippen LogP contribution in [0.4, 0.5) is 62.8 Å². The molecule has 46 heavy (non-hydrogen) atoms. The summed E-state index contributed by atoms with van der Waals surface area (Å²) in [4.78, 5) is 25.5. The van der Waals surface area contributed by atoms with E-state index in [0.29, 0.717) is 42.6 Å². The summed E-state index contributed by atoms with van der Waals surface area (Å²) in [5.41, 5.74) is -0.286. The summed E-state index contributed by atoms with van der Waals surface area (Å²) < 4.78 is 117. The van der Waals surface area contributed by atoms with E-state index in [1.165, 1.54) is 18.3 Å². The molecule has 19 heteroatoms. The summed E-state index contributed by atoms with van der Waals surface area (Å²) in [6.45, 7) is 1.26. The zero-order valence-electron chi connectivity index (χ0n) is 24.0. The highest BCUT2D eigenvalue weighted by Crippen LogP contribution is 2.38. The number of anilines is 4. The number of carboxylic acids is 1. The minimum atomic E-state index is -5.08. The molecule has 2 N–H and O–H groups in total. The van der Waals surface area contributed by atoms with Gasteiger partial charge in [0.05, 0.1) is 28.5 Å². The zero-order valence-corrected chi connectivity index (χ0v) is 24.7. The maximum atomic E-state index is 13.7. The number of ether oxygens (including phenoxy) is 1. The minimum Gasteiger partial charge on any atom is -0.475 e. The van der Waals surface area contributed by atoms with Gasteiger partial charge < -0.3 is 25.0 Å². The van der Waals surface area contributed by atoms with Gasteiger partial charge in [-0.15, -0.1) is 0 Å². The van der Waals surface area contributed by atoms with Gasteiger partial charge >= 0.3 is 24.5 Å². The fourth-order valence-electron chi connectivity index (χ4n) is 4.23. The van der Waals surface area contributed by atoms with Crippen molar-refractivity contribution in [2.45, 2.75) is 31.4 Å². The number of nitrogens with zero attached hydrogens (tertiary/aromatic N) is 5. The van der Waals surface area contributed by atoms with E-state index in [1.54, 1.807) is 24.0 Å². The van der Waals surface area contributed by atoms with E-state index in [1.807, 2.05) is 0 Å². The van der Waals surface area contributed by atoms with Gasteiger partial charge in [-0.2, -0.15) is 44.5 Å². The van der Waals surface area contributed by atoms with E-state index in [-0.39, 0.29) is 31.0 Å². The molecule has 1 aliphatic heterocycles. The van der Waals surface area contributed by atoms with Crippen molar-refractivity contribution in [1.29, 1.82) is 0 Å². The normalized spacial score (nSPS) is 13.7. The lowest BCUT2D eigenvalue weighted by molar-refractivity contribution is -0.192. The van der Waals surface area contributed by atoms with Crippen LogP contribution in [0.1, 0.15) is 22.4 Å². The van der Waals surface area contributed by atoms with Gasteiger partial charge in [-0.1, -0.05) is 11.6 Å². The molecule has 2 aromatic heterocycles. The molecule has 4 rings (SSSR count). The number of rotatable bonds is 7. The van der Waals surface area contributed by atoms with Gasteiger partial charge in [0, 0.05) is 57.7 Å². The summed E-state index contributed by atoms with van der Waals surface area (Å²) in [6.07, 6.45) is -12.4. The van der Waals surface area contributed by atoms with E-state index < -0.39 is 40.6 Å². The Balaban J connectivity index is 0.000000738. The molecule has 0 atom stereocenters. The number of likely N-dealkylation sites (N-methyl/N-ethyl adjacent to an activating group) is 1. The number of carboxylic acid groups (broad SMARTS) is 1. The lowest BCUT2D eigenvalue weighted by Gasteiger charge is -2.24. The number of carbonyl (C=O) groups is 1. The highest BCUT2D eigenvalue weighted by atomic mass is 35.5. The van der Waals surface area contributed by atoms with E-state index >= 15 is 0 Å². The molecule has 3 heterocycles. The van der Waals surface area contributed by atoms with Gasteiger partial charge in [0.15, 0.2) is 0 Å². The van der Waals surface area contributed by atoms with Crippen LogP contribution in [0, 0.1) is 0 Å². The molecule has 0 aliphatic carbocycles. The number of alkyl halides is 9. The molecule has 0 saturated carbocycles. The largest absolute Gasteiger partial charge is 0.490 e. The molecule has 0 amide bonds. The number of methoxy groups -OCH3 is 1. The van der Waals surface area contributed by atoms with Crippen molar-refractivity contribution in [2.75, 3.05) is 55.5 Å². The number of fused-ring (bicyclic) bond motifs is 1. The lowest BCUT2D eigenvalue weighted by atomic mass is 10.1. The first kappa shape index (κ1) is 36.4. The Labute approximate surface area is 261 Å². The first-order chi connectivity index (χ1) is 21.3. The third-order valence-corrected chi connectivity index (χ3v) is 6.79. The van der Waals surface area contributed by atoms with Crippen LogP contribution in [0.2, 0.25) is 5.02 Å². The predicted octanol–water partition coefficient (Wildman–Crippen LogP) is 6.63. The van der Waals surface area contributed by atoms with E-state index in [0.717, 1.165) is 18.2 Å². The van der Waals surface area contributed by atoms with Crippen molar-refractivity contribution in [3.63, 3.8) is 0 Å². The van der Waals surface area contributed by atoms with Crippen molar-refractivity contribution < 1.29 is 54.2 Å². The maximum Gasteiger partial charge on any atom is 0.490 e. The smallest absolute Gasteiger partial charge is 0.475 e. The Morgan fingerprint density at radius 3 is 2.22 bits per heavy atom. The Morgan fingerprint density at radius 2 is 1.65 bits per heavy atom. The fourth-order valence-corrected chi connectivity index (χ4v) is 4.52. The number of nitrogens with one attached hydrogen (secondary N) is 1. The van der Waals surface area contributed by atoms with Crippen molar-refractivity contribution in [1.82, 2.24) is 15.0 Å². The summed E-state index contributed by atoms with van der Waals surface area (Å²) in [6, 6.07) is 5.50. The monoisotopic (exact) mass is 688 g/mol. The minimum absolute atomic E-state index is 0.174. The quantitative estimate of drug-likeness (QED) is 0.265. The van der Waals surface area contributed by atoms with Crippen LogP contribution in [0.25, 0.3) is 0 Å². The number of hydrogen-bond acceptors (Lipinski definition) is 8. The van der Waals surface area contributed by atoms with Gasteiger partial charge in [0.2, 0.25) is 5.95 Å². The lowest BCUT2D eigenvalue weighted by Crippen LogP contribution is -2.29. The number of halogens is 10. The highest BCUT2D eigenvalue weighted by Gasteiger charge is 2.38. The fraction of sp³-hybridized carbons (Fsp3) is 0.407. The second-order valence-corrected chi connectivity index (χ2v) is 10.1. The second kappa shape index (κ2) is 14.6. The Morgan fingerprint density at radius 1 is 1.02 bits per heavy atom. The van der Waals surface area contributed by atoms with Gasteiger partial charge in [-0.25, -0.2) is 14.8 Å². The molecule has 0 bridgehead atoms. The molecular formula is C27H26ClF9N6O3. The van der Waals surface area contributed by atoms with Crippen LogP contribution < -0.4 is 15.1 Å². The van der Waals surface area contributed by atoms with Crippen molar-refractivity contribution in [3.05, 3.63) is 63.9 Å². The maximum absolute atomic E-state index is 13.7. The van der Waals surface area contributed by atoms with Crippen LogP contribution >= 0.6 is 11.6 Å². The third kappa shape index (κ3) is 9.48. The number of aliphatic carboxylic acids is 1. The van der Waals surface area contributed by atoms with Crippen LogP contribution in [0.3, 0.4) is 0 Å². The average Bonchev–Trinajstić information content (AvgIpc) is 3.17. The number of benzene rings is 1. The SMILES string of the molecule is COCCN(C)c1nc2c(c(Nc3ccc(C(F)(F)F)c(Cl)c3)n1)CCN(c1ncccc1C(F)(F)F)CC2.O=C(O)C(F)(F)F. The molecule has 0 fully saturated rings. The summed E-state index contributed by atoms with van der Waals surface area (Å²) in [5, 5.41) is 9.69. The Hall–Kier alpha value is -4.06. The third-order valence-electron chi connectivity index (χ3n) is 6.47. The molecular weight excluding hydrogens is 663 g/mol. The average molecular weight is 689 g/mol. The molecule has 1 aromatic carbocycles. The first-order valence-electron chi connectivity index (χ1n) is 13.1. The van der Waals surface area contributed by atoms with Crippen LogP contribution in [0.5, 0.6) is 0 Å². The van der Waals surface area contributed by atoms with Gasteiger partial charge in [-0.05, 0) is 36.8 Å². The Kier molecular flexibility index (Phi) is 11.5. The summed E-state index contributed by atoms with van der Waals surface area (Å²) >= 11 is 5.91. The van der Waals surface area contributed by atoms with Crippen LogP contribution in [0.15, 0.2) is 36.5 Å². The summed E-state index contributed by atoms with van der Waals surface area (Å²) in [5.74, 6) is -2.28. The Bertz CT molecular complexity index is 1520. The van der Waals surface area contributed by atoms with Crippen LogP contribution in [-0.4, -0.2) is 72.6 Å². The molecule has 0 spiro atoms. The molecule has 3 aromatic rings. The highest BCUT2D eigenvalue weighted by molar-refractivity contribution is 6.31. The van der Waals surface area contributed by atoms with E-state index in [4.69, 9.17) is 26.2 Å². The molecule has 1 aliphatic rings. The van der Waals surface area contributed by atoms with Gasteiger partial charge in [0.25, 0.3) is 0 Å². The summed E-state index contributed by atoms with van der Waals surface area (Å²) in [7, 11) is 3.31. The standard InChI is InChI=1S/C25H25ClF6N6O.C2HF3O2/c1-37(12-13-39-2)23-35-20-8-11-38(22-18(25(30,31)32)4-3-9-33-22)10-7-16(20)21(36-23)34-15-5-6-17(19(26)14-15)24(27,28)29;3-2(4,5)1(6)7/h3-6,9,14H,7-8,10-13H2,1-2H3,(H,34,35,36);(H,6,7). The number of pyridine rings is 1. The molecule has 9 nitrogen and oxygen atoms in total. The molecule has 0 radical (unpaired) electrons. The van der Waals surface area contributed by atoms with E-state index in [2.05, 4.69) is 20.3 Å². The predicted molar refractivity (Wildman–Crippen MR) is 149 cm³/mol. The van der Waals surface area contributed by atoms with Gasteiger partial charge in [0.1, 0.15) is 11.6 Å². The second-order valence-electron chi connectivity index (χ2n) is 9.69. The first-order valence-corrected chi connectivity index (χ1v) is 13.5.